The Kier molecular flexibility index (Phi) is 8.24. The average Bonchev–Trinajstić information content (AvgIpc) is 3.22. The zero-order valence-corrected chi connectivity index (χ0v) is 19.8. The molecule has 2 aromatic carbocycles. The smallest absolute Gasteiger partial charge is 0.327 e. The van der Waals surface area contributed by atoms with E-state index < -0.39 is 30.1 Å². The van der Waals surface area contributed by atoms with Crippen molar-refractivity contribution in [2.75, 3.05) is 5.75 Å². The van der Waals surface area contributed by atoms with Crippen molar-refractivity contribution in [3.63, 3.8) is 0 Å². The molecule has 2 N–H and O–H groups in total. The lowest BCUT2D eigenvalue weighted by atomic mass is 10.0. The van der Waals surface area contributed by atoms with Gasteiger partial charge < -0.3 is 14.7 Å². The molecular formula is C26H30N2O5S. The second-order valence-electron chi connectivity index (χ2n) is 8.71. The lowest BCUT2D eigenvalue weighted by Gasteiger charge is -2.30. The van der Waals surface area contributed by atoms with E-state index in [2.05, 4.69) is 5.32 Å². The summed E-state index contributed by atoms with van der Waals surface area (Å²) >= 11 is 1.53. The molecule has 2 aliphatic rings. The minimum absolute atomic E-state index is 0.117. The van der Waals surface area contributed by atoms with Crippen molar-refractivity contribution in [1.29, 1.82) is 0 Å². The van der Waals surface area contributed by atoms with Gasteiger partial charge in [-0.1, -0.05) is 60.7 Å². The third-order valence-electron chi connectivity index (χ3n) is 6.35. The molecule has 1 unspecified atom stereocenters. The highest BCUT2D eigenvalue weighted by Gasteiger charge is 2.45. The van der Waals surface area contributed by atoms with Crippen molar-refractivity contribution in [3.05, 3.63) is 71.8 Å². The van der Waals surface area contributed by atoms with Crippen molar-refractivity contribution >= 4 is 29.6 Å². The number of aryl methyl sites for hydroxylation is 1. The number of esters is 1. The minimum atomic E-state index is -0.980. The zero-order valence-electron chi connectivity index (χ0n) is 19.0. The molecule has 2 aliphatic heterocycles. The molecule has 34 heavy (non-hydrogen) atoms. The summed E-state index contributed by atoms with van der Waals surface area (Å²) in [4.78, 5) is 39.7. The Balaban J connectivity index is 1.47. The molecule has 2 heterocycles. The number of carboxylic acids is 1. The van der Waals surface area contributed by atoms with Gasteiger partial charge in [-0.3, -0.25) is 14.9 Å². The van der Waals surface area contributed by atoms with Crippen LogP contribution in [0.2, 0.25) is 0 Å². The van der Waals surface area contributed by atoms with E-state index in [1.165, 1.54) is 16.7 Å². The van der Waals surface area contributed by atoms with E-state index in [9.17, 15) is 19.5 Å². The van der Waals surface area contributed by atoms with Crippen LogP contribution in [0.15, 0.2) is 60.7 Å². The molecule has 4 atom stereocenters. The van der Waals surface area contributed by atoms with Gasteiger partial charge in [0, 0.05) is 5.75 Å². The molecule has 1 amide bonds. The van der Waals surface area contributed by atoms with Gasteiger partial charge in [-0.2, -0.15) is 0 Å². The number of hydrogen-bond acceptors (Lipinski definition) is 6. The quantitative estimate of drug-likeness (QED) is 0.530. The highest BCUT2D eigenvalue weighted by Crippen LogP contribution is 2.36. The Labute approximate surface area is 203 Å². The summed E-state index contributed by atoms with van der Waals surface area (Å²) < 4.78 is 5.61. The van der Waals surface area contributed by atoms with Gasteiger partial charge in [0.1, 0.15) is 18.7 Å². The molecule has 0 aliphatic carbocycles. The van der Waals surface area contributed by atoms with E-state index in [0.29, 0.717) is 25.0 Å². The maximum absolute atomic E-state index is 13.4. The highest BCUT2D eigenvalue weighted by molar-refractivity contribution is 8.00. The van der Waals surface area contributed by atoms with Gasteiger partial charge in [0.25, 0.3) is 0 Å². The number of carbonyl (C=O) groups excluding carboxylic acids is 2. The van der Waals surface area contributed by atoms with Crippen LogP contribution < -0.4 is 5.32 Å². The second kappa shape index (κ2) is 11.5. The lowest BCUT2D eigenvalue weighted by molar-refractivity contribution is -0.151. The van der Waals surface area contributed by atoms with E-state index in [1.807, 2.05) is 60.7 Å². The van der Waals surface area contributed by atoms with Crippen LogP contribution in [0.5, 0.6) is 0 Å². The van der Waals surface area contributed by atoms with E-state index >= 15 is 0 Å². The Morgan fingerprint density at radius 1 is 1.06 bits per heavy atom. The molecule has 0 bridgehead atoms. The van der Waals surface area contributed by atoms with Gasteiger partial charge in [0.15, 0.2) is 0 Å². The number of aliphatic carboxylic acids is 1. The summed E-state index contributed by atoms with van der Waals surface area (Å²) in [5.41, 5.74) is 1.99. The topological polar surface area (TPSA) is 95.9 Å². The predicted molar refractivity (Wildman–Crippen MR) is 130 cm³/mol. The standard InChI is InChI=1S/C26H30N2O5S/c29-24-20(12-7-13-23-28(24)22(17-34-23)25(30)31)27-21(15-14-18-8-3-1-4-9-18)26(32)33-16-19-10-5-2-6-11-19/h1-6,8-11,20-23,27H,7,12-17H2,(H,30,31)/t20-,21?,22-,23+/m0/s1. The number of ether oxygens (including phenoxy) is 1. The number of nitrogens with one attached hydrogen (secondary N) is 1. The fourth-order valence-corrected chi connectivity index (χ4v) is 5.98. The fraction of sp³-hybridized carbons (Fsp3) is 0.423. The van der Waals surface area contributed by atoms with Crippen molar-refractivity contribution in [2.24, 2.45) is 0 Å². The normalized spacial score (nSPS) is 23.1. The summed E-state index contributed by atoms with van der Waals surface area (Å²) in [5.74, 6) is -1.22. The highest BCUT2D eigenvalue weighted by atomic mass is 32.2. The summed E-state index contributed by atoms with van der Waals surface area (Å²) in [6.45, 7) is 0.160. The summed E-state index contributed by atoms with van der Waals surface area (Å²) in [7, 11) is 0. The van der Waals surface area contributed by atoms with Gasteiger partial charge in [0.05, 0.1) is 11.4 Å². The van der Waals surface area contributed by atoms with Crippen LogP contribution in [-0.4, -0.2) is 57.1 Å². The third kappa shape index (κ3) is 5.98. The van der Waals surface area contributed by atoms with Crippen molar-refractivity contribution in [2.45, 2.75) is 62.2 Å². The number of rotatable bonds is 9. The van der Waals surface area contributed by atoms with E-state index in [4.69, 9.17) is 4.74 Å². The molecule has 2 aromatic rings. The Morgan fingerprint density at radius 3 is 2.41 bits per heavy atom. The summed E-state index contributed by atoms with van der Waals surface area (Å²) in [6.07, 6.45) is 3.23. The van der Waals surface area contributed by atoms with Crippen LogP contribution in [0.25, 0.3) is 0 Å². The minimum Gasteiger partial charge on any atom is -0.480 e. The van der Waals surface area contributed by atoms with E-state index in [-0.39, 0.29) is 17.9 Å². The molecule has 2 saturated heterocycles. The van der Waals surface area contributed by atoms with Gasteiger partial charge >= 0.3 is 11.9 Å². The van der Waals surface area contributed by atoms with Crippen LogP contribution in [0.4, 0.5) is 0 Å². The molecule has 0 spiro atoms. The molecule has 0 saturated carbocycles. The zero-order chi connectivity index (χ0) is 23.9. The molecule has 180 valence electrons. The molecule has 0 aromatic heterocycles. The fourth-order valence-electron chi connectivity index (χ4n) is 4.52. The van der Waals surface area contributed by atoms with Gasteiger partial charge in [0.2, 0.25) is 5.91 Å². The number of amides is 1. The predicted octanol–water partition coefficient (Wildman–Crippen LogP) is 3.23. The van der Waals surface area contributed by atoms with Gasteiger partial charge in [-0.25, -0.2) is 4.79 Å². The largest absolute Gasteiger partial charge is 0.480 e. The molecule has 8 heteroatoms. The molecule has 0 radical (unpaired) electrons. The Morgan fingerprint density at radius 2 is 1.74 bits per heavy atom. The van der Waals surface area contributed by atoms with Crippen LogP contribution in [0.3, 0.4) is 0 Å². The first-order valence-corrected chi connectivity index (χ1v) is 12.7. The Bertz CT molecular complexity index is 987. The SMILES string of the molecule is O=C(OCc1ccccc1)C(CCc1ccccc1)N[C@H]1CCC[C@H]2SC[C@@H](C(=O)O)N2C1=O. The van der Waals surface area contributed by atoms with Crippen molar-refractivity contribution < 1.29 is 24.2 Å². The van der Waals surface area contributed by atoms with Crippen LogP contribution >= 0.6 is 11.8 Å². The molecule has 7 nitrogen and oxygen atoms in total. The number of carboxylic acid groups (broad SMARTS) is 1. The molecule has 2 fully saturated rings. The maximum atomic E-state index is 13.4. The lowest BCUT2D eigenvalue weighted by Crippen LogP contribution is -2.55. The Hall–Kier alpha value is -2.84. The summed E-state index contributed by atoms with van der Waals surface area (Å²) in [6, 6.07) is 17.2. The number of fused-ring (bicyclic) bond motifs is 1. The van der Waals surface area contributed by atoms with Gasteiger partial charge in [-0.15, -0.1) is 11.8 Å². The number of benzene rings is 2. The number of hydrogen-bond donors (Lipinski definition) is 2. The second-order valence-corrected chi connectivity index (χ2v) is 9.92. The van der Waals surface area contributed by atoms with Crippen molar-refractivity contribution in [1.82, 2.24) is 10.2 Å². The monoisotopic (exact) mass is 482 g/mol. The summed E-state index contributed by atoms with van der Waals surface area (Å²) in [5, 5.41) is 12.7. The molecular weight excluding hydrogens is 452 g/mol. The number of nitrogens with zero attached hydrogens (tertiary/aromatic N) is 1. The third-order valence-corrected chi connectivity index (χ3v) is 7.71. The first kappa shape index (κ1) is 24.3. The average molecular weight is 483 g/mol. The first-order chi connectivity index (χ1) is 16.5. The van der Waals surface area contributed by atoms with E-state index in [1.54, 1.807) is 0 Å². The van der Waals surface area contributed by atoms with Crippen molar-refractivity contribution in [3.8, 4) is 0 Å². The van der Waals surface area contributed by atoms with Crippen LogP contribution in [0.1, 0.15) is 36.8 Å². The molecule has 4 rings (SSSR count). The maximum Gasteiger partial charge on any atom is 0.327 e. The van der Waals surface area contributed by atoms with Crippen LogP contribution in [0, 0.1) is 0 Å². The van der Waals surface area contributed by atoms with Gasteiger partial charge in [-0.05, 0) is 43.2 Å². The van der Waals surface area contributed by atoms with E-state index in [0.717, 1.165) is 24.0 Å². The van der Waals surface area contributed by atoms with Crippen LogP contribution in [-0.2, 0) is 32.1 Å². The number of thioether (sulfide) groups is 1. The first-order valence-electron chi connectivity index (χ1n) is 11.7. The number of carbonyl (C=O) groups is 3.